The van der Waals surface area contributed by atoms with E-state index in [1.807, 2.05) is 49.4 Å². The number of ether oxygens (including phenoxy) is 1. The summed E-state index contributed by atoms with van der Waals surface area (Å²) in [5.41, 5.74) is 2.75. The number of urea groups is 1. The first kappa shape index (κ1) is 18.2. The Kier molecular flexibility index (Phi) is 4.87. The van der Waals surface area contributed by atoms with Crippen LogP contribution in [-0.4, -0.2) is 48.6 Å². The number of para-hydroxylation sites is 1. The Hall–Kier alpha value is -3.13. The van der Waals surface area contributed by atoms with Crippen LogP contribution in [0.15, 0.2) is 42.5 Å². The molecule has 1 N–H and O–H groups in total. The summed E-state index contributed by atoms with van der Waals surface area (Å²) in [6.45, 7) is 3.03. The molecule has 0 spiro atoms. The van der Waals surface area contributed by atoms with Gasteiger partial charge in [-0.15, -0.1) is 0 Å². The minimum atomic E-state index is -0.248. The van der Waals surface area contributed by atoms with Crippen molar-refractivity contribution in [1.29, 1.82) is 0 Å². The molecule has 4 rings (SSSR count). The number of rotatable bonds is 5. The van der Waals surface area contributed by atoms with Crippen LogP contribution >= 0.6 is 11.3 Å². The number of nitrogens with one attached hydrogen (secondary N) is 1. The van der Waals surface area contributed by atoms with E-state index in [1.54, 1.807) is 12.0 Å². The van der Waals surface area contributed by atoms with Gasteiger partial charge in [-0.05, 0) is 42.8 Å². The highest BCUT2D eigenvalue weighted by Crippen LogP contribution is 2.28. The smallest absolute Gasteiger partial charge is 0.325 e. The molecule has 28 heavy (non-hydrogen) atoms. The molecule has 0 unspecified atom stereocenters. The molecule has 0 saturated carbocycles. The van der Waals surface area contributed by atoms with Crippen LogP contribution in [0.4, 0.5) is 15.6 Å². The lowest BCUT2D eigenvalue weighted by Crippen LogP contribution is -2.37. The third kappa shape index (κ3) is 3.50. The Morgan fingerprint density at radius 2 is 2.00 bits per heavy atom. The zero-order valence-corrected chi connectivity index (χ0v) is 16.5. The number of anilines is 2. The molecular formula is C20H20N4O3S. The van der Waals surface area contributed by atoms with Crippen molar-refractivity contribution < 1.29 is 14.3 Å². The van der Waals surface area contributed by atoms with Crippen LogP contribution < -0.4 is 15.0 Å². The van der Waals surface area contributed by atoms with Crippen molar-refractivity contribution in [3.8, 4) is 5.75 Å². The van der Waals surface area contributed by atoms with Crippen LogP contribution in [0.3, 0.4) is 0 Å². The second kappa shape index (κ2) is 7.47. The van der Waals surface area contributed by atoms with Crippen LogP contribution in [0.1, 0.15) is 5.56 Å². The average molecular weight is 396 g/mol. The van der Waals surface area contributed by atoms with Crippen LogP contribution in [-0.2, 0) is 4.79 Å². The Labute approximate surface area is 166 Å². The molecular weight excluding hydrogens is 376 g/mol. The van der Waals surface area contributed by atoms with E-state index in [0.717, 1.165) is 27.2 Å². The fourth-order valence-corrected chi connectivity index (χ4v) is 4.16. The van der Waals surface area contributed by atoms with Crippen molar-refractivity contribution in [3.63, 3.8) is 0 Å². The molecule has 1 fully saturated rings. The van der Waals surface area contributed by atoms with Gasteiger partial charge in [0.05, 0.1) is 17.3 Å². The molecule has 1 aliphatic heterocycles. The standard InChI is InChI=1S/C20H20N4O3S/c1-13-4-3-5-16-18(13)22-19(28-16)21-17(25)12-23-10-11-24(20(23)26)14-6-8-15(27-2)9-7-14/h3-9H,10-12H2,1-2H3,(H,21,22,25). The monoisotopic (exact) mass is 396 g/mol. The molecule has 2 aromatic carbocycles. The SMILES string of the molecule is COc1ccc(N2CCN(CC(=O)Nc3nc4c(C)cccc4s3)C2=O)cc1. The van der Waals surface area contributed by atoms with Gasteiger partial charge in [-0.1, -0.05) is 23.5 Å². The number of hydrogen-bond donors (Lipinski definition) is 1. The molecule has 0 atom stereocenters. The van der Waals surface area contributed by atoms with Crippen molar-refractivity contribution in [2.45, 2.75) is 6.92 Å². The fraction of sp³-hybridized carbons (Fsp3) is 0.250. The highest BCUT2D eigenvalue weighted by molar-refractivity contribution is 7.22. The predicted octanol–water partition coefficient (Wildman–Crippen LogP) is 3.49. The largest absolute Gasteiger partial charge is 0.497 e. The lowest BCUT2D eigenvalue weighted by molar-refractivity contribution is -0.116. The molecule has 8 heteroatoms. The minimum absolute atomic E-state index is 0.000392. The van der Waals surface area contributed by atoms with Gasteiger partial charge in [0.2, 0.25) is 5.91 Å². The Balaban J connectivity index is 1.40. The number of aromatic nitrogens is 1. The van der Waals surface area contributed by atoms with Gasteiger partial charge >= 0.3 is 6.03 Å². The molecule has 1 saturated heterocycles. The number of carbonyl (C=O) groups is 2. The molecule has 0 bridgehead atoms. The van der Waals surface area contributed by atoms with Crippen molar-refractivity contribution in [1.82, 2.24) is 9.88 Å². The van der Waals surface area contributed by atoms with Crippen molar-refractivity contribution in [2.24, 2.45) is 0 Å². The number of hydrogen-bond acceptors (Lipinski definition) is 5. The summed E-state index contributed by atoms with van der Waals surface area (Å²) in [4.78, 5) is 32.8. The maximum Gasteiger partial charge on any atom is 0.325 e. The summed E-state index contributed by atoms with van der Waals surface area (Å²) in [7, 11) is 1.60. The van der Waals surface area contributed by atoms with Crippen molar-refractivity contribution >= 4 is 44.3 Å². The maximum atomic E-state index is 12.7. The maximum absolute atomic E-state index is 12.7. The summed E-state index contributed by atoms with van der Waals surface area (Å²) < 4.78 is 6.17. The first-order valence-corrected chi connectivity index (χ1v) is 9.73. The third-order valence-corrected chi connectivity index (χ3v) is 5.62. The van der Waals surface area contributed by atoms with E-state index in [1.165, 1.54) is 16.2 Å². The summed E-state index contributed by atoms with van der Waals surface area (Å²) >= 11 is 1.43. The number of thiazole rings is 1. The van der Waals surface area contributed by atoms with Gasteiger partial charge in [0, 0.05) is 18.8 Å². The fourth-order valence-electron chi connectivity index (χ4n) is 3.20. The van der Waals surface area contributed by atoms with Crippen molar-refractivity contribution in [2.75, 3.05) is 37.0 Å². The lowest BCUT2D eigenvalue weighted by atomic mass is 10.2. The van der Waals surface area contributed by atoms with Gasteiger partial charge in [-0.3, -0.25) is 9.69 Å². The molecule has 7 nitrogen and oxygen atoms in total. The zero-order valence-electron chi connectivity index (χ0n) is 15.6. The van der Waals surface area contributed by atoms with E-state index in [0.29, 0.717) is 18.2 Å². The Bertz CT molecular complexity index is 1030. The Morgan fingerprint density at radius 3 is 2.71 bits per heavy atom. The van der Waals surface area contributed by atoms with Gasteiger partial charge in [-0.2, -0.15) is 0 Å². The van der Waals surface area contributed by atoms with Crippen LogP contribution in [0, 0.1) is 6.92 Å². The first-order valence-electron chi connectivity index (χ1n) is 8.91. The number of nitrogens with zero attached hydrogens (tertiary/aromatic N) is 3. The molecule has 2 heterocycles. The minimum Gasteiger partial charge on any atom is -0.497 e. The van der Waals surface area contributed by atoms with E-state index in [4.69, 9.17) is 4.74 Å². The van der Waals surface area contributed by atoms with E-state index < -0.39 is 0 Å². The quantitative estimate of drug-likeness (QED) is 0.716. The summed E-state index contributed by atoms with van der Waals surface area (Å²) in [6, 6.07) is 13.1. The number of amides is 3. The van der Waals surface area contributed by atoms with E-state index in [9.17, 15) is 9.59 Å². The second-order valence-corrected chi connectivity index (χ2v) is 7.57. The number of benzene rings is 2. The highest BCUT2D eigenvalue weighted by atomic mass is 32.1. The summed E-state index contributed by atoms with van der Waals surface area (Å²) in [5.74, 6) is 0.486. The lowest BCUT2D eigenvalue weighted by Gasteiger charge is -2.18. The van der Waals surface area contributed by atoms with E-state index >= 15 is 0 Å². The number of methoxy groups -OCH3 is 1. The molecule has 0 aliphatic carbocycles. The molecule has 3 amide bonds. The molecule has 144 valence electrons. The average Bonchev–Trinajstić information content (AvgIpc) is 3.26. The van der Waals surface area contributed by atoms with E-state index in [2.05, 4.69) is 10.3 Å². The van der Waals surface area contributed by atoms with Crippen LogP contribution in [0.2, 0.25) is 0 Å². The molecule has 1 aromatic heterocycles. The summed E-state index contributed by atoms with van der Waals surface area (Å²) in [6.07, 6.45) is 0. The van der Waals surface area contributed by atoms with Crippen LogP contribution in [0.25, 0.3) is 10.2 Å². The van der Waals surface area contributed by atoms with Gasteiger partial charge in [0.15, 0.2) is 5.13 Å². The normalized spacial score (nSPS) is 14.0. The molecule has 3 aromatic rings. The number of fused-ring (bicyclic) bond motifs is 1. The Morgan fingerprint density at radius 1 is 1.21 bits per heavy atom. The van der Waals surface area contributed by atoms with Gasteiger partial charge in [0.1, 0.15) is 12.3 Å². The predicted molar refractivity (Wildman–Crippen MR) is 110 cm³/mol. The third-order valence-electron chi connectivity index (χ3n) is 4.68. The van der Waals surface area contributed by atoms with Gasteiger partial charge < -0.3 is 15.0 Å². The van der Waals surface area contributed by atoms with Gasteiger partial charge in [-0.25, -0.2) is 9.78 Å². The second-order valence-electron chi connectivity index (χ2n) is 6.54. The van der Waals surface area contributed by atoms with Gasteiger partial charge in [0.25, 0.3) is 0 Å². The van der Waals surface area contributed by atoms with Crippen LogP contribution in [0.5, 0.6) is 5.75 Å². The first-order chi connectivity index (χ1) is 13.5. The summed E-state index contributed by atoms with van der Waals surface area (Å²) in [5, 5.41) is 3.36. The highest BCUT2D eigenvalue weighted by Gasteiger charge is 2.31. The molecule has 1 aliphatic rings. The number of carbonyl (C=O) groups excluding carboxylic acids is 2. The van der Waals surface area contributed by atoms with E-state index in [-0.39, 0.29) is 18.5 Å². The zero-order chi connectivity index (χ0) is 19.7. The topological polar surface area (TPSA) is 74.8 Å². The number of aryl methyl sites for hydroxylation is 1. The molecule has 0 radical (unpaired) electrons. The van der Waals surface area contributed by atoms with Crippen molar-refractivity contribution in [3.05, 3.63) is 48.0 Å².